The van der Waals surface area contributed by atoms with Gasteiger partial charge in [-0.3, -0.25) is 4.79 Å². The fraction of sp³-hybridized carbons (Fsp3) is 0.0417. The number of rotatable bonds is 4. The van der Waals surface area contributed by atoms with Gasteiger partial charge in [0.2, 0.25) is 0 Å². The third-order valence-electron chi connectivity index (χ3n) is 4.95. The number of anilines is 1. The molecule has 3 aromatic heterocycles. The van der Waals surface area contributed by atoms with E-state index in [1.807, 2.05) is 90.4 Å². The third kappa shape index (κ3) is 3.35. The van der Waals surface area contributed by atoms with Crippen LogP contribution in [-0.4, -0.2) is 20.4 Å². The molecule has 6 heteroatoms. The summed E-state index contributed by atoms with van der Waals surface area (Å²) in [5.41, 5.74) is 5.38. The summed E-state index contributed by atoms with van der Waals surface area (Å²) in [6.45, 7) is 1.95. The molecule has 0 saturated heterocycles. The van der Waals surface area contributed by atoms with Crippen LogP contribution in [0.1, 0.15) is 16.1 Å². The molecule has 6 nitrogen and oxygen atoms in total. The highest BCUT2D eigenvalue weighted by atomic mass is 16.5. The molecule has 5 rings (SSSR count). The van der Waals surface area contributed by atoms with E-state index < -0.39 is 0 Å². The molecule has 1 N–H and O–H groups in total. The first-order valence-electron chi connectivity index (χ1n) is 9.56. The number of nitrogens with one attached hydrogen (secondary N) is 1. The number of carbonyl (C=O) groups is 1. The molecular weight excluding hydrogens is 376 g/mol. The van der Waals surface area contributed by atoms with Crippen LogP contribution in [0.25, 0.3) is 28.2 Å². The molecule has 0 unspecified atom stereocenters. The summed E-state index contributed by atoms with van der Waals surface area (Å²) in [4.78, 5) is 17.4. The number of carbonyl (C=O) groups excluding carboxylic acids is 1. The minimum Gasteiger partial charge on any atom is -0.355 e. The number of pyridine rings is 1. The normalized spacial score (nSPS) is 11.0. The number of hydrogen-bond acceptors (Lipinski definition) is 4. The smallest absolute Gasteiger partial charge is 0.277 e. The van der Waals surface area contributed by atoms with Gasteiger partial charge in [-0.1, -0.05) is 53.7 Å². The molecule has 30 heavy (non-hydrogen) atoms. The maximum Gasteiger partial charge on any atom is 0.277 e. The van der Waals surface area contributed by atoms with Crippen LogP contribution in [0.5, 0.6) is 0 Å². The highest BCUT2D eigenvalue weighted by Gasteiger charge is 2.15. The van der Waals surface area contributed by atoms with Crippen molar-refractivity contribution in [3.63, 3.8) is 0 Å². The summed E-state index contributed by atoms with van der Waals surface area (Å²) in [6.07, 6.45) is 3.92. The Morgan fingerprint density at radius 2 is 1.80 bits per heavy atom. The maximum atomic E-state index is 12.7. The summed E-state index contributed by atoms with van der Waals surface area (Å²) in [5.74, 6) is 0.229. The molecule has 0 spiro atoms. The molecule has 0 saturated carbocycles. The summed E-state index contributed by atoms with van der Waals surface area (Å²) in [7, 11) is 0. The number of fused-ring (bicyclic) bond motifs is 1. The van der Waals surface area contributed by atoms with Crippen molar-refractivity contribution in [2.75, 3.05) is 5.32 Å². The summed E-state index contributed by atoms with van der Waals surface area (Å²) >= 11 is 0. The average molecular weight is 394 g/mol. The zero-order chi connectivity index (χ0) is 20.5. The van der Waals surface area contributed by atoms with Crippen LogP contribution in [0.4, 0.5) is 5.69 Å². The molecule has 0 fully saturated rings. The number of aromatic nitrogens is 3. The Morgan fingerprint density at radius 3 is 2.63 bits per heavy atom. The van der Waals surface area contributed by atoms with E-state index in [-0.39, 0.29) is 11.6 Å². The van der Waals surface area contributed by atoms with Gasteiger partial charge in [-0.2, -0.15) is 0 Å². The van der Waals surface area contributed by atoms with Gasteiger partial charge in [-0.25, -0.2) is 4.98 Å². The van der Waals surface area contributed by atoms with Crippen molar-refractivity contribution >= 4 is 17.2 Å². The van der Waals surface area contributed by atoms with Crippen LogP contribution in [0.15, 0.2) is 89.7 Å². The van der Waals surface area contributed by atoms with Crippen LogP contribution in [0.3, 0.4) is 0 Å². The first kappa shape index (κ1) is 17.9. The van der Waals surface area contributed by atoms with Crippen molar-refractivity contribution in [1.29, 1.82) is 0 Å². The summed E-state index contributed by atoms with van der Waals surface area (Å²) in [5, 5.41) is 6.86. The number of nitrogens with zero attached hydrogens (tertiary/aromatic N) is 3. The number of amides is 1. The third-order valence-corrected chi connectivity index (χ3v) is 4.95. The fourth-order valence-electron chi connectivity index (χ4n) is 3.30. The zero-order valence-corrected chi connectivity index (χ0v) is 16.2. The fourth-order valence-corrected chi connectivity index (χ4v) is 3.30. The molecule has 146 valence electrons. The van der Waals surface area contributed by atoms with Crippen molar-refractivity contribution in [1.82, 2.24) is 14.5 Å². The standard InChI is InChI=1S/C24H18N4O2/c1-16-10-11-18(21-15-28-12-6-5-9-23(28)25-21)13-19(16)26-24(29)20-14-22(30-27-20)17-7-3-2-4-8-17/h2-15H,1H3,(H,26,29). The Balaban J connectivity index is 1.41. The van der Waals surface area contributed by atoms with Crippen molar-refractivity contribution in [3.05, 3.63) is 96.4 Å². The lowest BCUT2D eigenvalue weighted by molar-refractivity contribution is 0.101. The van der Waals surface area contributed by atoms with Crippen LogP contribution >= 0.6 is 0 Å². The lowest BCUT2D eigenvalue weighted by atomic mass is 10.1. The quantitative estimate of drug-likeness (QED) is 0.454. The van der Waals surface area contributed by atoms with E-state index in [1.54, 1.807) is 6.07 Å². The number of imidazole rings is 1. The molecule has 1 amide bonds. The van der Waals surface area contributed by atoms with Crippen molar-refractivity contribution in [3.8, 4) is 22.6 Å². The van der Waals surface area contributed by atoms with Gasteiger partial charge in [0.05, 0.1) is 5.69 Å². The topological polar surface area (TPSA) is 72.4 Å². The first-order valence-corrected chi connectivity index (χ1v) is 9.56. The van der Waals surface area contributed by atoms with E-state index in [0.717, 1.165) is 28.0 Å². The molecular formula is C24H18N4O2. The number of benzene rings is 2. The molecule has 0 atom stereocenters. The van der Waals surface area contributed by atoms with Gasteiger partial charge in [0.25, 0.3) is 5.91 Å². The van der Waals surface area contributed by atoms with Gasteiger partial charge in [0, 0.05) is 35.3 Å². The Hall–Kier alpha value is -4.19. The largest absolute Gasteiger partial charge is 0.355 e. The highest BCUT2D eigenvalue weighted by molar-refractivity contribution is 6.04. The Labute approximate surface area is 172 Å². The monoisotopic (exact) mass is 394 g/mol. The molecule has 0 aliphatic rings. The lowest BCUT2D eigenvalue weighted by Crippen LogP contribution is -2.13. The van der Waals surface area contributed by atoms with E-state index in [1.165, 1.54) is 0 Å². The molecule has 0 bridgehead atoms. The SMILES string of the molecule is Cc1ccc(-c2cn3ccccc3n2)cc1NC(=O)c1cc(-c2ccccc2)on1. The van der Waals surface area contributed by atoms with Gasteiger partial charge in [0.15, 0.2) is 11.5 Å². The van der Waals surface area contributed by atoms with Gasteiger partial charge >= 0.3 is 0 Å². The summed E-state index contributed by atoms with van der Waals surface area (Å²) < 4.78 is 7.31. The van der Waals surface area contributed by atoms with E-state index in [2.05, 4.69) is 15.5 Å². The first-order chi connectivity index (χ1) is 14.7. The Morgan fingerprint density at radius 1 is 0.967 bits per heavy atom. The number of hydrogen-bond donors (Lipinski definition) is 1. The van der Waals surface area contributed by atoms with Gasteiger partial charge in [-0.05, 0) is 30.7 Å². The predicted molar refractivity (Wildman–Crippen MR) is 115 cm³/mol. The number of aryl methyl sites for hydroxylation is 1. The molecule has 5 aromatic rings. The van der Waals surface area contributed by atoms with Crippen LogP contribution in [0.2, 0.25) is 0 Å². The van der Waals surface area contributed by atoms with Crippen LogP contribution in [-0.2, 0) is 0 Å². The minimum atomic E-state index is -0.323. The van der Waals surface area contributed by atoms with Gasteiger partial charge in [-0.15, -0.1) is 0 Å². The Kier molecular flexibility index (Phi) is 4.37. The molecule has 2 aromatic carbocycles. The lowest BCUT2D eigenvalue weighted by Gasteiger charge is -2.08. The van der Waals surface area contributed by atoms with Crippen molar-refractivity contribution in [2.45, 2.75) is 6.92 Å². The van der Waals surface area contributed by atoms with E-state index in [4.69, 9.17) is 4.52 Å². The average Bonchev–Trinajstić information content (AvgIpc) is 3.43. The highest BCUT2D eigenvalue weighted by Crippen LogP contribution is 2.26. The van der Waals surface area contributed by atoms with Gasteiger partial charge < -0.3 is 14.2 Å². The van der Waals surface area contributed by atoms with Crippen molar-refractivity contribution in [2.24, 2.45) is 0 Å². The van der Waals surface area contributed by atoms with E-state index >= 15 is 0 Å². The Bertz CT molecular complexity index is 1320. The van der Waals surface area contributed by atoms with Crippen LogP contribution < -0.4 is 5.32 Å². The van der Waals surface area contributed by atoms with Gasteiger partial charge in [0.1, 0.15) is 5.65 Å². The second-order valence-electron chi connectivity index (χ2n) is 7.02. The van der Waals surface area contributed by atoms with Crippen LogP contribution in [0, 0.1) is 6.92 Å². The summed E-state index contributed by atoms with van der Waals surface area (Å²) in [6, 6.07) is 23.0. The molecule has 3 heterocycles. The molecule has 0 radical (unpaired) electrons. The maximum absolute atomic E-state index is 12.7. The van der Waals surface area contributed by atoms with Crippen molar-refractivity contribution < 1.29 is 9.32 Å². The predicted octanol–water partition coefficient (Wildman–Crippen LogP) is 5.22. The van der Waals surface area contributed by atoms with E-state index in [0.29, 0.717) is 11.4 Å². The molecule has 0 aliphatic carbocycles. The zero-order valence-electron chi connectivity index (χ0n) is 16.2. The second kappa shape index (κ2) is 7.33. The second-order valence-corrected chi connectivity index (χ2v) is 7.02. The molecule has 0 aliphatic heterocycles. The minimum absolute atomic E-state index is 0.228. The van der Waals surface area contributed by atoms with E-state index in [9.17, 15) is 4.79 Å².